The molecule has 0 spiro atoms. The van der Waals surface area contributed by atoms with Gasteiger partial charge in [-0.3, -0.25) is 4.79 Å². The number of carbonyl (C=O) groups is 1. The van der Waals surface area contributed by atoms with E-state index >= 15 is 0 Å². The third-order valence-electron chi connectivity index (χ3n) is 2.15. The Labute approximate surface area is 118 Å². The number of rotatable bonds is 1. The van der Waals surface area contributed by atoms with E-state index in [1.807, 2.05) is 0 Å². The first-order valence-corrected chi connectivity index (χ1v) is 3.85. The molecule has 0 N–H and O–H groups in total. The Morgan fingerprint density at radius 1 is 1.23 bits per heavy atom. The summed E-state index contributed by atoms with van der Waals surface area (Å²) < 4.78 is 36.7. The van der Waals surface area contributed by atoms with Gasteiger partial charge in [-0.15, -0.1) is 5.47 Å². The van der Waals surface area contributed by atoms with Crippen molar-refractivity contribution < 1.29 is 69.1 Å². The maximum absolute atomic E-state index is 12.2. The topological polar surface area (TPSA) is 17.1 Å². The number of hydrogen-bond donors (Lipinski definition) is 0. The van der Waals surface area contributed by atoms with Gasteiger partial charge in [-0.25, -0.2) is 0 Å². The van der Waals surface area contributed by atoms with Gasteiger partial charge >= 0.3 is 58.4 Å². The molecule has 1 aliphatic carbocycles. The van der Waals surface area contributed by atoms with Crippen molar-refractivity contribution >= 4 is 12.8 Å². The first kappa shape index (κ1) is 13.9. The minimum Gasteiger partial charge on any atom is -0.445 e. The molecule has 6 heteroatoms. The Kier molecular flexibility index (Phi) is 5.47. The largest absolute Gasteiger partial charge is 1.00 e. The van der Waals surface area contributed by atoms with Crippen LogP contribution in [0.2, 0.25) is 0 Å². The van der Waals surface area contributed by atoms with Crippen LogP contribution < -0.4 is 51.4 Å². The second kappa shape index (κ2) is 5.11. The van der Waals surface area contributed by atoms with Gasteiger partial charge in [-0.05, 0) is 18.9 Å². The van der Waals surface area contributed by atoms with Gasteiger partial charge in [0.1, 0.15) is 0 Å². The fourth-order valence-electron chi connectivity index (χ4n) is 1.40. The third-order valence-corrected chi connectivity index (χ3v) is 2.15. The summed E-state index contributed by atoms with van der Waals surface area (Å²) in [7, 11) is 0. The summed E-state index contributed by atoms with van der Waals surface area (Å²) in [5, 5.41) is 0. The van der Waals surface area contributed by atoms with E-state index in [1.54, 1.807) is 0 Å². The van der Waals surface area contributed by atoms with Crippen LogP contribution in [0.25, 0.3) is 0 Å². The second-order valence-corrected chi connectivity index (χ2v) is 3.00. The van der Waals surface area contributed by atoms with Gasteiger partial charge in [0.15, 0.2) is 5.78 Å². The number of carbonyl (C=O) groups excluding carboxylic acids is 1. The third kappa shape index (κ3) is 3.51. The molecule has 13 heavy (non-hydrogen) atoms. The Balaban J connectivity index is 0.00000144. The van der Waals surface area contributed by atoms with Gasteiger partial charge in [-0.1, -0.05) is 6.42 Å². The molecule has 1 nitrogen and oxygen atoms in total. The van der Waals surface area contributed by atoms with Crippen LogP contribution in [0.3, 0.4) is 0 Å². The van der Waals surface area contributed by atoms with E-state index in [9.17, 15) is 17.7 Å². The van der Waals surface area contributed by atoms with Crippen molar-refractivity contribution in [2.75, 3.05) is 0 Å². The van der Waals surface area contributed by atoms with E-state index in [-0.39, 0.29) is 75.6 Å². The first-order chi connectivity index (χ1) is 5.43. The SMILES string of the molecule is CC1=C([B-](F)(F)F)CCCC1=O.[K+]. The minimum atomic E-state index is -4.94. The molecule has 68 valence electrons. The molecule has 0 bridgehead atoms. The number of halogens is 3. The van der Waals surface area contributed by atoms with Gasteiger partial charge in [0.2, 0.25) is 0 Å². The minimum absolute atomic E-state index is 0. The van der Waals surface area contributed by atoms with Crippen LogP contribution in [0.1, 0.15) is 26.2 Å². The van der Waals surface area contributed by atoms with E-state index in [0.717, 1.165) is 0 Å². The molecule has 0 aromatic carbocycles. The molecule has 0 unspecified atom stereocenters. The maximum atomic E-state index is 12.2. The summed E-state index contributed by atoms with van der Waals surface area (Å²) >= 11 is 0. The first-order valence-electron chi connectivity index (χ1n) is 3.85. The smallest absolute Gasteiger partial charge is 0.445 e. The maximum Gasteiger partial charge on any atom is 1.00 e. The van der Waals surface area contributed by atoms with E-state index in [4.69, 9.17) is 0 Å². The molecule has 0 aromatic heterocycles. The molecule has 0 amide bonds. The van der Waals surface area contributed by atoms with Crippen molar-refractivity contribution in [3.8, 4) is 0 Å². The summed E-state index contributed by atoms with van der Waals surface area (Å²) in [6, 6.07) is 0. The fourth-order valence-corrected chi connectivity index (χ4v) is 1.40. The summed E-state index contributed by atoms with van der Waals surface area (Å²) in [5.41, 5.74) is -0.653. The zero-order valence-electron chi connectivity index (χ0n) is 7.74. The molecular formula is C7H9BF3KO. The average molecular weight is 216 g/mol. The predicted octanol–water partition coefficient (Wildman–Crippen LogP) is -0.554. The van der Waals surface area contributed by atoms with Crippen molar-refractivity contribution in [1.82, 2.24) is 0 Å². The van der Waals surface area contributed by atoms with E-state index in [2.05, 4.69) is 0 Å². The normalized spacial score (nSPS) is 18.6. The van der Waals surface area contributed by atoms with E-state index in [1.165, 1.54) is 6.92 Å². The quantitative estimate of drug-likeness (QED) is 0.537. The Bertz CT molecular complexity index is 247. The summed E-state index contributed by atoms with van der Waals surface area (Å²) in [4.78, 5) is 10.9. The summed E-state index contributed by atoms with van der Waals surface area (Å²) in [6.07, 6.45) is 0.620. The van der Waals surface area contributed by atoms with Gasteiger partial charge in [0.05, 0.1) is 0 Å². The summed E-state index contributed by atoms with van der Waals surface area (Å²) in [6.45, 7) is -3.67. The molecule has 0 atom stereocenters. The summed E-state index contributed by atoms with van der Waals surface area (Å²) in [5.74, 6) is -0.351. The molecule has 0 aromatic rings. The monoisotopic (exact) mass is 216 g/mol. The van der Waals surface area contributed by atoms with Crippen molar-refractivity contribution in [3.05, 3.63) is 11.0 Å². The van der Waals surface area contributed by atoms with E-state index in [0.29, 0.717) is 6.42 Å². The van der Waals surface area contributed by atoms with Crippen molar-refractivity contribution in [2.24, 2.45) is 0 Å². The van der Waals surface area contributed by atoms with Crippen LogP contribution in [0, 0.1) is 0 Å². The van der Waals surface area contributed by atoms with Crippen molar-refractivity contribution in [1.29, 1.82) is 0 Å². The van der Waals surface area contributed by atoms with Gasteiger partial charge in [0.25, 0.3) is 0 Å². The number of Topliss-reactive ketones (excluding diaryl/α,β-unsaturated/α-hetero) is 1. The zero-order valence-corrected chi connectivity index (χ0v) is 10.9. The van der Waals surface area contributed by atoms with Gasteiger partial charge < -0.3 is 12.9 Å². The number of hydrogen-bond acceptors (Lipinski definition) is 1. The Morgan fingerprint density at radius 2 is 1.77 bits per heavy atom. The number of allylic oxidation sites excluding steroid dienone is 2. The van der Waals surface area contributed by atoms with E-state index < -0.39 is 12.4 Å². The van der Waals surface area contributed by atoms with Gasteiger partial charge in [-0.2, -0.15) is 0 Å². The zero-order chi connectivity index (χ0) is 9.35. The molecule has 1 rings (SSSR count). The number of ketones is 1. The molecule has 0 saturated carbocycles. The van der Waals surface area contributed by atoms with Crippen LogP contribution in [0.5, 0.6) is 0 Å². The Hall–Kier alpha value is 0.901. The molecule has 0 saturated heterocycles. The standard InChI is InChI=1S/C7H9BF3O.K/c1-5-6(8(9,10)11)3-2-4-7(5)12;/h2-4H2,1H3;/q-1;+1. The van der Waals surface area contributed by atoms with Crippen molar-refractivity contribution in [2.45, 2.75) is 26.2 Å². The molecule has 1 aliphatic rings. The second-order valence-electron chi connectivity index (χ2n) is 3.00. The van der Waals surface area contributed by atoms with Crippen LogP contribution in [0.4, 0.5) is 12.9 Å². The predicted molar refractivity (Wildman–Crippen MR) is 40.6 cm³/mol. The van der Waals surface area contributed by atoms with Crippen LogP contribution >= 0.6 is 0 Å². The van der Waals surface area contributed by atoms with Crippen LogP contribution in [-0.2, 0) is 4.79 Å². The van der Waals surface area contributed by atoms with Crippen LogP contribution in [-0.4, -0.2) is 12.8 Å². The molecule has 0 heterocycles. The average Bonchev–Trinajstić information content (AvgIpc) is 1.92. The Morgan fingerprint density at radius 3 is 2.15 bits per heavy atom. The molecule has 0 radical (unpaired) electrons. The molecular weight excluding hydrogens is 207 g/mol. The fraction of sp³-hybridized carbons (Fsp3) is 0.571. The van der Waals surface area contributed by atoms with Gasteiger partial charge in [0, 0.05) is 6.42 Å². The molecule has 0 fully saturated rings. The molecule has 0 aliphatic heterocycles. The van der Waals surface area contributed by atoms with Crippen LogP contribution in [0.15, 0.2) is 11.0 Å². The van der Waals surface area contributed by atoms with Crippen molar-refractivity contribution in [3.63, 3.8) is 0 Å².